The first-order valence-electron chi connectivity index (χ1n) is 9.97. The van der Waals surface area contributed by atoms with Crippen LogP contribution in [-0.2, 0) is 20.7 Å². The Morgan fingerprint density at radius 3 is 2.63 bits per heavy atom. The van der Waals surface area contributed by atoms with Gasteiger partial charge in [0.15, 0.2) is 0 Å². The molecule has 0 amide bonds. The lowest BCUT2D eigenvalue weighted by atomic mass is 10.1. The summed E-state index contributed by atoms with van der Waals surface area (Å²) in [4.78, 5) is 31.8. The average Bonchev–Trinajstić information content (AvgIpc) is 3.08. The number of rotatable bonds is 8. The molecule has 0 spiro atoms. The Morgan fingerprint density at radius 1 is 1.27 bits per heavy atom. The van der Waals surface area contributed by atoms with Gasteiger partial charge in [0, 0.05) is 31.9 Å². The molecule has 162 valence electrons. The SMILES string of the molecule is COC(=O)Cc1[nH]n(-c2ccc(F)cc2)c(=O)c1C(C)=NCCCN1CCOCC1. The molecule has 0 atom stereocenters. The minimum Gasteiger partial charge on any atom is -0.469 e. The van der Waals surface area contributed by atoms with E-state index in [0.717, 1.165) is 39.3 Å². The number of morpholine rings is 1. The van der Waals surface area contributed by atoms with Gasteiger partial charge in [-0.3, -0.25) is 24.6 Å². The fraction of sp³-hybridized carbons (Fsp3) is 0.476. The van der Waals surface area contributed by atoms with E-state index in [4.69, 9.17) is 9.47 Å². The number of H-pyrrole nitrogens is 1. The number of hydrogen-bond donors (Lipinski definition) is 1. The third-order valence-corrected chi connectivity index (χ3v) is 5.05. The third kappa shape index (κ3) is 5.43. The number of benzene rings is 1. The molecule has 1 aliphatic rings. The molecule has 30 heavy (non-hydrogen) atoms. The van der Waals surface area contributed by atoms with Crippen LogP contribution in [0.5, 0.6) is 0 Å². The van der Waals surface area contributed by atoms with Crippen LogP contribution in [0.25, 0.3) is 5.69 Å². The van der Waals surface area contributed by atoms with Crippen molar-refractivity contribution in [3.05, 3.63) is 51.7 Å². The van der Waals surface area contributed by atoms with Crippen molar-refractivity contribution in [3.63, 3.8) is 0 Å². The number of methoxy groups -OCH3 is 1. The molecule has 1 aromatic carbocycles. The van der Waals surface area contributed by atoms with Gasteiger partial charge in [-0.15, -0.1) is 0 Å². The summed E-state index contributed by atoms with van der Waals surface area (Å²) in [6.07, 6.45) is 0.774. The number of esters is 1. The second-order valence-electron chi connectivity index (χ2n) is 7.11. The lowest BCUT2D eigenvalue weighted by Gasteiger charge is -2.26. The molecule has 0 unspecified atom stereocenters. The highest BCUT2D eigenvalue weighted by Gasteiger charge is 2.20. The van der Waals surface area contributed by atoms with E-state index in [-0.39, 0.29) is 12.0 Å². The smallest absolute Gasteiger partial charge is 0.311 e. The van der Waals surface area contributed by atoms with Gasteiger partial charge >= 0.3 is 5.97 Å². The Kier molecular flexibility index (Phi) is 7.53. The molecule has 2 aromatic rings. The van der Waals surface area contributed by atoms with Crippen molar-refractivity contribution in [3.8, 4) is 5.69 Å². The minimum absolute atomic E-state index is 0.0874. The maximum Gasteiger partial charge on any atom is 0.311 e. The van der Waals surface area contributed by atoms with Crippen molar-refractivity contribution < 1.29 is 18.7 Å². The van der Waals surface area contributed by atoms with Crippen LogP contribution in [0.4, 0.5) is 4.39 Å². The number of ether oxygens (including phenoxy) is 2. The van der Waals surface area contributed by atoms with Crippen LogP contribution in [0.1, 0.15) is 24.6 Å². The van der Waals surface area contributed by atoms with E-state index in [1.807, 2.05) is 0 Å². The Morgan fingerprint density at radius 2 is 1.97 bits per heavy atom. The molecule has 0 aliphatic carbocycles. The maximum absolute atomic E-state index is 13.3. The van der Waals surface area contributed by atoms with Gasteiger partial charge in [-0.25, -0.2) is 9.07 Å². The van der Waals surface area contributed by atoms with Crippen molar-refractivity contribution in [1.29, 1.82) is 0 Å². The summed E-state index contributed by atoms with van der Waals surface area (Å²) in [5.74, 6) is -0.866. The Hall–Kier alpha value is -2.78. The van der Waals surface area contributed by atoms with Gasteiger partial charge in [0.1, 0.15) is 5.82 Å². The highest BCUT2D eigenvalue weighted by Crippen LogP contribution is 2.12. The number of halogens is 1. The fourth-order valence-corrected chi connectivity index (χ4v) is 3.42. The van der Waals surface area contributed by atoms with E-state index in [2.05, 4.69) is 15.0 Å². The fourth-order valence-electron chi connectivity index (χ4n) is 3.42. The number of aromatic amines is 1. The number of carbonyl (C=O) groups is 1. The Labute approximate surface area is 174 Å². The quantitative estimate of drug-likeness (QED) is 0.399. The lowest BCUT2D eigenvalue weighted by Crippen LogP contribution is -2.37. The predicted octanol–water partition coefficient (Wildman–Crippen LogP) is 1.55. The number of carbonyl (C=O) groups excluding carboxylic acids is 1. The van der Waals surface area contributed by atoms with Crippen LogP contribution in [0.2, 0.25) is 0 Å². The summed E-state index contributed by atoms with van der Waals surface area (Å²) < 4.78 is 24.6. The van der Waals surface area contributed by atoms with E-state index >= 15 is 0 Å². The zero-order chi connectivity index (χ0) is 21.5. The molecular formula is C21H27FN4O4. The van der Waals surface area contributed by atoms with Gasteiger partial charge in [-0.05, 0) is 37.6 Å². The molecule has 0 bridgehead atoms. The third-order valence-electron chi connectivity index (χ3n) is 5.05. The molecule has 8 nitrogen and oxygen atoms in total. The number of aromatic nitrogens is 2. The zero-order valence-corrected chi connectivity index (χ0v) is 17.3. The standard InChI is InChI=1S/C21H27FN4O4/c1-15(23-8-3-9-25-10-12-30-13-11-25)20-18(14-19(27)29-2)24-26(21(20)28)17-6-4-16(22)5-7-17/h4-7,24H,3,8-14H2,1-2H3. The van der Waals surface area contributed by atoms with E-state index in [9.17, 15) is 14.0 Å². The van der Waals surface area contributed by atoms with Crippen LogP contribution >= 0.6 is 0 Å². The summed E-state index contributed by atoms with van der Waals surface area (Å²) in [7, 11) is 1.30. The summed E-state index contributed by atoms with van der Waals surface area (Å²) >= 11 is 0. The van der Waals surface area contributed by atoms with Gasteiger partial charge in [0.25, 0.3) is 5.56 Å². The maximum atomic E-state index is 13.3. The molecule has 1 aliphatic heterocycles. The Balaban J connectivity index is 1.80. The summed E-state index contributed by atoms with van der Waals surface area (Å²) in [6, 6.07) is 5.53. The van der Waals surface area contributed by atoms with Crippen LogP contribution in [-0.4, -0.2) is 72.9 Å². The normalized spacial score (nSPS) is 15.4. The zero-order valence-electron chi connectivity index (χ0n) is 17.3. The molecule has 0 saturated carbocycles. The number of nitrogens with zero attached hydrogens (tertiary/aromatic N) is 3. The Bertz CT molecular complexity index is 943. The van der Waals surface area contributed by atoms with Gasteiger partial charge in [0.2, 0.25) is 0 Å². The van der Waals surface area contributed by atoms with Gasteiger partial charge < -0.3 is 9.47 Å². The summed E-state index contributed by atoms with van der Waals surface area (Å²) in [5.41, 5.74) is 1.45. The molecule has 9 heteroatoms. The van der Waals surface area contributed by atoms with Crippen LogP contribution < -0.4 is 5.56 Å². The van der Waals surface area contributed by atoms with Crippen molar-refractivity contribution in [2.24, 2.45) is 4.99 Å². The number of nitrogens with one attached hydrogen (secondary N) is 1. The predicted molar refractivity (Wildman–Crippen MR) is 111 cm³/mol. The summed E-state index contributed by atoms with van der Waals surface area (Å²) in [6.45, 7) is 6.61. The highest BCUT2D eigenvalue weighted by atomic mass is 19.1. The largest absolute Gasteiger partial charge is 0.469 e. The van der Waals surface area contributed by atoms with E-state index < -0.39 is 11.8 Å². The first kappa shape index (κ1) is 21.9. The molecule has 1 saturated heterocycles. The summed E-state index contributed by atoms with van der Waals surface area (Å²) in [5, 5.41) is 2.95. The van der Waals surface area contributed by atoms with Crippen molar-refractivity contribution in [2.75, 3.05) is 46.5 Å². The van der Waals surface area contributed by atoms with Crippen molar-refractivity contribution in [2.45, 2.75) is 19.8 Å². The van der Waals surface area contributed by atoms with Gasteiger partial charge in [-0.1, -0.05) is 0 Å². The van der Waals surface area contributed by atoms with Crippen LogP contribution in [0, 0.1) is 5.82 Å². The first-order chi connectivity index (χ1) is 14.5. The molecule has 1 N–H and O–H groups in total. The van der Waals surface area contributed by atoms with E-state index in [1.165, 1.54) is 36.1 Å². The van der Waals surface area contributed by atoms with Gasteiger partial charge in [-0.2, -0.15) is 0 Å². The lowest BCUT2D eigenvalue weighted by molar-refractivity contribution is -0.139. The number of aliphatic imine (C=N–C) groups is 1. The van der Waals surface area contributed by atoms with Gasteiger partial charge in [0.05, 0.1) is 43.7 Å². The van der Waals surface area contributed by atoms with E-state index in [0.29, 0.717) is 29.2 Å². The van der Waals surface area contributed by atoms with E-state index in [1.54, 1.807) is 6.92 Å². The second-order valence-corrected chi connectivity index (χ2v) is 7.11. The van der Waals surface area contributed by atoms with Crippen LogP contribution in [0.15, 0.2) is 34.1 Å². The molecular weight excluding hydrogens is 391 g/mol. The first-order valence-corrected chi connectivity index (χ1v) is 9.97. The monoisotopic (exact) mass is 418 g/mol. The molecule has 0 radical (unpaired) electrons. The van der Waals surface area contributed by atoms with Crippen LogP contribution in [0.3, 0.4) is 0 Å². The highest BCUT2D eigenvalue weighted by molar-refractivity contribution is 6.00. The number of hydrogen-bond acceptors (Lipinski definition) is 6. The molecule has 2 heterocycles. The topological polar surface area (TPSA) is 88.9 Å². The van der Waals surface area contributed by atoms with Crippen molar-refractivity contribution >= 4 is 11.7 Å². The average molecular weight is 418 g/mol. The molecule has 1 fully saturated rings. The minimum atomic E-state index is -0.469. The molecule has 1 aromatic heterocycles. The van der Waals surface area contributed by atoms with Crippen molar-refractivity contribution in [1.82, 2.24) is 14.7 Å². The molecule has 3 rings (SSSR count). The second kappa shape index (κ2) is 10.3.